The third kappa shape index (κ3) is 3.70. The van der Waals surface area contributed by atoms with Crippen LogP contribution in [0, 0.1) is 0 Å². The van der Waals surface area contributed by atoms with Gasteiger partial charge in [0.1, 0.15) is 5.02 Å². The molecule has 1 heterocycles. The summed E-state index contributed by atoms with van der Waals surface area (Å²) in [6.45, 7) is 0. The van der Waals surface area contributed by atoms with Crippen LogP contribution in [-0.4, -0.2) is 21.0 Å². The van der Waals surface area contributed by atoms with E-state index < -0.39 is 5.97 Å². The van der Waals surface area contributed by atoms with Crippen molar-refractivity contribution in [3.05, 3.63) is 46.3 Å². The summed E-state index contributed by atoms with van der Waals surface area (Å²) < 4.78 is 0. The molecule has 0 aliphatic heterocycles. The van der Waals surface area contributed by atoms with Gasteiger partial charge in [0.25, 0.3) is 0 Å². The predicted molar refractivity (Wildman–Crippen MR) is 76.0 cm³/mol. The number of halogens is 3. The quantitative estimate of drug-likeness (QED) is 0.844. The first-order valence-corrected chi connectivity index (χ1v) is 5.61. The molecule has 1 aromatic heterocycles. The Morgan fingerprint density at radius 3 is 2.63 bits per heavy atom. The van der Waals surface area contributed by atoms with Gasteiger partial charge in [-0.25, -0.2) is 9.78 Å². The maximum Gasteiger partial charge on any atom is 0.337 e. The van der Waals surface area contributed by atoms with Crippen LogP contribution < -0.4 is 5.32 Å². The number of para-hydroxylation sites is 1. The van der Waals surface area contributed by atoms with Gasteiger partial charge in [-0.3, -0.25) is 0 Å². The average Bonchev–Trinajstić information content (AvgIpc) is 2.34. The standard InChI is InChI=1S/C11H7Cl2N3O2.ClH/c12-7-5-14-11(13)16-9(7)15-8-4-2-1-3-6(8)10(17)18;/h1-5H,(H,17,18)(H,14,15,16);1H. The van der Waals surface area contributed by atoms with Crippen LogP contribution in [0.3, 0.4) is 0 Å². The minimum atomic E-state index is -1.05. The number of nitrogens with zero attached hydrogens (tertiary/aromatic N) is 2. The second kappa shape index (κ2) is 6.56. The number of rotatable bonds is 3. The monoisotopic (exact) mass is 319 g/mol. The Morgan fingerprint density at radius 2 is 1.95 bits per heavy atom. The Kier molecular flexibility index (Phi) is 5.35. The molecule has 2 N–H and O–H groups in total. The van der Waals surface area contributed by atoms with Gasteiger partial charge in [-0.05, 0) is 23.7 Å². The van der Waals surface area contributed by atoms with Crippen LogP contribution in [-0.2, 0) is 0 Å². The Hall–Kier alpha value is -1.56. The SMILES string of the molecule is Cl.O=C(O)c1ccccc1Nc1nc(Cl)ncc1Cl. The molecule has 0 bridgehead atoms. The third-order valence-corrected chi connectivity index (χ3v) is 2.58. The Bertz CT molecular complexity index is 607. The van der Waals surface area contributed by atoms with Crippen molar-refractivity contribution in [3.8, 4) is 0 Å². The fourth-order valence-corrected chi connectivity index (χ4v) is 1.61. The van der Waals surface area contributed by atoms with Crippen molar-refractivity contribution in [1.29, 1.82) is 0 Å². The van der Waals surface area contributed by atoms with E-state index in [1.54, 1.807) is 18.2 Å². The maximum absolute atomic E-state index is 11.0. The maximum atomic E-state index is 11.0. The summed E-state index contributed by atoms with van der Waals surface area (Å²) in [5.41, 5.74) is 0.491. The summed E-state index contributed by atoms with van der Waals surface area (Å²) in [5, 5.41) is 12.1. The van der Waals surface area contributed by atoms with E-state index in [-0.39, 0.29) is 34.1 Å². The molecule has 0 unspecified atom stereocenters. The molecule has 0 atom stereocenters. The van der Waals surface area contributed by atoms with E-state index in [4.69, 9.17) is 28.3 Å². The molecule has 100 valence electrons. The highest BCUT2D eigenvalue weighted by molar-refractivity contribution is 6.33. The largest absolute Gasteiger partial charge is 0.478 e. The molecule has 19 heavy (non-hydrogen) atoms. The van der Waals surface area contributed by atoms with Crippen molar-refractivity contribution in [2.24, 2.45) is 0 Å². The van der Waals surface area contributed by atoms with Crippen LogP contribution in [0.1, 0.15) is 10.4 Å². The number of anilines is 2. The number of hydrogen-bond acceptors (Lipinski definition) is 4. The van der Waals surface area contributed by atoms with Crippen molar-refractivity contribution < 1.29 is 9.90 Å². The first kappa shape index (κ1) is 15.5. The Morgan fingerprint density at radius 1 is 1.26 bits per heavy atom. The van der Waals surface area contributed by atoms with Crippen molar-refractivity contribution in [1.82, 2.24) is 9.97 Å². The van der Waals surface area contributed by atoms with Crippen molar-refractivity contribution in [3.63, 3.8) is 0 Å². The smallest absolute Gasteiger partial charge is 0.337 e. The van der Waals surface area contributed by atoms with Crippen LogP contribution in [0.2, 0.25) is 10.3 Å². The molecule has 8 heteroatoms. The molecule has 2 rings (SSSR count). The van der Waals surface area contributed by atoms with E-state index in [0.717, 1.165) is 0 Å². The molecule has 0 radical (unpaired) electrons. The normalized spacial score (nSPS) is 9.58. The first-order chi connectivity index (χ1) is 8.58. The number of benzene rings is 1. The van der Waals surface area contributed by atoms with Gasteiger partial charge in [-0.2, -0.15) is 4.98 Å². The minimum Gasteiger partial charge on any atom is -0.478 e. The summed E-state index contributed by atoms with van der Waals surface area (Å²) in [5.74, 6) is -0.792. The lowest BCUT2D eigenvalue weighted by atomic mass is 10.2. The van der Waals surface area contributed by atoms with Crippen LogP contribution >= 0.6 is 35.6 Å². The van der Waals surface area contributed by atoms with Crippen molar-refractivity contribution in [2.45, 2.75) is 0 Å². The van der Waals surface area contributed by atoms with Crippen molar-refractivity contribution >= 4 is 53.1 Å². The zero-order valence-electron chi connectivity index (χ0n) is 9.30. The second-order valence-corrected chi connectivity index (χ2v) is 4.06. The number of carboxylic acid groups (broad SMARTS) is 1. The van der Waals surface area contributed by atoms with Gasteiger partial charge in [0.05, 0.1) is 17.4 Å². The molecule has 0 fully saturated rings. The molecule has 0 aliphatic rings. The summed E-state index contributed by atoms with van der Waals surface area (Å²) in [6, 6.07) is 6.41. The van der Waals surface area contributed by atoms with Crippen LogP contribution in [0.25, 0.3) is 0 Å². The molecular weight excluding hydrogens is 312 g/mol. The van der Waals surface area contributed by atoms with E-state index in [2.05, 4.69) is 15.3 Å². The summed E-state index contributed by atoms with van der Waals surface area (Å²) in [6.07, 6.45) is 1.34. The van der Waals surface area contributed by atoms with E-state index in [9.17, 15) is 4.79 Å². The van der Waals surface area contributed by atoms with E-state index >= 15 is 0 Å². The Labute approximate surface area is 125 Å². The Balaban J connectivity index is 0.00000180. The fourth-order valence-electron chi connectivity index (χ4n) is 1.34. The third-order valence-electron chi connectivity index (χ3n) is 2.13. The number of carboxylic acids is 1. The molecule has 0 saturated carbocycles. The number of aromatic nitrogens is 2. The number of aromatic carboxylic acids is 1. The van der Waals surface area contributed by atoms with Gasteiger partial charge in [0, 0.05) is 0 Å². The second-order valence-electron chi connectivity index (χ2n) is 3.31. The molecule has 0 amide bonds. The fraction of sp³-hybridized carbons (Fsp3) is 0. The summed E-state index contributed by atoms with van der Waals surface area (Å²) in [7, 11) is 0. The lowest BCUT2D eigenvalue weighted by Gasteiger charge is -2.09. The molecule has 2 aromatic rings. The van der Waals surface area contributed by atoms with Gasteiger partial charge in [0.2, 0.25) is 5.28 Å². The van der Waals surface area contributed by atoms with E-state index in [1.165, 1.54) is 12.3 Å². The summed E-state index contributed by atoms with van der Waals surface area (Å²) in [4.78, 5) is 18.6. The topological polar surface area (TPSA) is 75.1 Å². The van der Waals surface area contributed by atoms with Crippen LogP contribution in [0.5, 0.6) is 0 Å². The number of hydrogen-bond donors (Lipinski definition) is 2. The van der Waals surface area contributed by atoms with Gasteiger partial charge < -0.3 is 10.4 Å². The summed E-state index contributed by atoms with van der Waals surface area (Å²) >= 11 is 11.5. The molecule has 0 saturated heterocycles. The highest BCUT2D eigenvalue weighted by atomic mass is 35.5. The van der Waals surface area contributed by atoms with Crippen LogP contribution in [0.15, 0.2) is 30.5 Å². The average molecular weight is 321 g/mol. The van der Waals surface area contributed by atoms with Gasteiger partial charge in [0.15, 0.2) is 5.82 Å². The lowest BCUT2D eigenvalue weighted by molar-refractivity contribution is 0.0698. The highest BCUT2D eigenvalue weighted by Crippen LogP contribution is 2.25. The highest BCUT2D eigenvalue weighted by Gasteiger charge is 2.11. The van der Waals surface area contributed by atoms with Gasteiger partial charge in [-0.15, -0.1) is 12.4 Å². The minimum absolute atomic E-state index is 0. The zero-order valence-corrected chi connectivity index (χ0v) is 11.6. The van der Waals surface area contributed by atoms with Crippen molar-refractivity contribution in [2.75, 3.05) is 5.32 Å². The van der Waals surface area contributed by atoms with Gasteiger partial charge >= 0.3 is 5.97 Å². The number of nitrogens with one attached hydrogen (secondary N) is 1. The number of carbonyl (C=O) groups is 1. The predicted octanol–water partition coefficient (Wildman–Crippen LogP) is 3.65. The van der Waals surface area contributed by atoms with E-state index in [1.807, 2.05) is 0 Å². The van der Waals surface area contributed by atoms with E-state index in [0.29, 0.717) is 5.69 Å². The molecule has 0 spiro atoms. The molecule has 5 nitrogen and oxygen atoms in total. The van der Waals surface area contributed by atoms with Crippen LogP contribution in [0.4, 0.5) is 11.5 Å². The zero-order chi connectivity index (χ0) is 13.1. The first-order valence-electron chi connectivity index (χ1n) is 4.85. The lowest BCUT2D eigenvalue weighted by Crippen LogP contribution is -2.04. The molecule has 0 aliphatic carbocycles. The molecular formula is C11H8Cl3N3O2. The molecule has 1 aromatic carbocycles. The van der Waals surface area contributed by atoms with Gasteiger partial charge in [-0.1, -0.05) is 23.7 Å².